The van der Waals surface area contributed by atoms with Crippen molar-refractivity contribution in [3.05, 3.63) is 23.8 Å². The smallest absolute Gasteiger partial charge is 0.101 e. The highest BCUT2D eigenvalue weighted by Gasteiger charge is 2.47. The summed E-state index contributed by atoms with van der Waals surface area (Å²) in [5, 5.41) is 30.3. The highest BCUT2D eigenvalue weighted by Crippen LogP contribution is 2.47. The molecule has 6 atom stereocenters. The Hall–Kier alpha value is -0.640. The van der Waals surface area contributed by atoms with Crippen LogP contribution in [0.15, 0.2) is 23.8 Å². The molecule has 3 heteroatoms. The van der Waals surface area contributed by atoms with Gasteiger partial charge < -0.3 is 15.3 Å². The number of hydrogen-bond donors (Lipinski definition) is 3. The van der Waals surface area contributed by atoms with Gasteiger partial charge >= 0.3 is 0 Å². The van der Waals surface area contributed by atoms with Crippen molar-refractivity contribution in [3.8, 4) is 0 Å². The molecule has 2 rings (SSSR count). The number of allylic oxidation sites excluding steroid dienone is 1. The van der Waals surface area contributed by atoms with Crippen LogP contribution in [-0.2, 0) is 0 Å². The SMILES string of the molecule is C=C1[C@H]2C[C@H](O)C(C)=C[C@@H]2[C@@H](C(C)C)[C@H](O)[C@H]1O. The average Bonchev–Trinajstić information content (AvgIpc) is 2.29. The Morgan fingerprint density at radius 3 is 2.44 bits per heavy atom. The predicted molar refractivity (Wildman–Crippen MR) is 70.8 cm³/mol. The minimum Gasteiger partial charge on any atom is -0.390 e. The van der Waals surface area contributed by atoms with E-state index in [0.717, 1.165) is 5.57 Å². The molecule has 0 heterocycles. The van der Waals surface area contributed by atoms with Gasteiger partial charge in [-0.2, -0.15) is 0 Å². The van der Waals surface area contributed by atoms with Gasteiger partial charge in [0, 0.05) is 0 Å². The van der Waals surface area contributed by atoms with E-state index in [9.17, 15) is 15.3 Å². The quantitative estimate of drug-likeness (QED) is 0.620. The Kier molecular flexibility index (Phi) is 3.67. The highest BCUT2D eigenvalue weighted by atomic mass is 16.3. The van der Waals surface area contributed by atoms with Crippen LogP contribution in [0.3, 0.4) is 0 Å². The van der Waals surface area contributed by atoms with Crippen molar-refractivity contribution in [1.82, 2.24) is 0 Å². The van der Waals surface area contributed by atoms with Crippen LogP contribution in [0.1, 0.15) is 27.2 Å². The molecule has 18 heavy (non-hydrogen) atoms. The maximum atomic E-state index is 10.3. The summed E-state index contributed by atoms with van der Waals surface area (Å²) in [5.41, 5.74) is 1.64. The van der Waals surface area contributed by atoms with Gasteiger partial charge in [-0.25, -0.2) is 0 Å². The summed E-state index contributed by atoms with van der Waals surface area (Å²) in [6, 6.07) is 0. The first-order valence-electron chi connectivity index (χ1n) is 6.75. The molecule has 0 aliphatic heterocycles. The topological polar surface area (TPSA) is 60.7 Å². The maximum Gasteiger partial charge on any atom is 0.101 e. The van der Waals surface area contributed by atoms with Crippen LogP contribution in [0.2, 0.25) is 0 Å². The van der Waals surface area contributed by atoms with Gasteiger partial charge in [0.05, 0.1) is 12.2 Å². The van der Waals surface area contributed by atoms with Crippen molar-refractivity contribution in [2.45, 2.75) is 45.5 Å². The van der Waals surface area contributed by atoms with Gasteiger partial charge in [-0.15, -0.1) is 0 Å². The third-order valence-corrected chi connectivity index (χ3v) is 4.71. The summed E-state index contributed by atoms with van der Waals surface area (Å²) in [5.74, 6) is 0.571. The number of fused-ring (bicyclic) bond motifs is 1. The molecule has 0 amide bonds. The van der Waals surface area contributed by atoms with Crippen LogP contribution >= 0.6 is 0 Å². The largest absolute Gasteiger partial charge is 0.390 e. The molecule has 1 saturated carbocycles. The van der Waals surface area contributed by atoms with Gasteiger partial charge in [0.25, 0.3) is 0 Å². The lowest BCUT2D eigenvalue weighted by atomic mass is 9.60. The summed E-state index contributed by atoms with van der Waals surface area (Å²) in [4.78, 5) is 0. The van der Waals surface area contributed by atoms with Gasteiger partial charge in [-0.05, 0) is 48.2 Å². The van der Waals surface area contributed by atoms with Gasteiger partial charge in [0.1, 0.15) is 6.10 Å². The molecular weight excluding hydrogens is 228 g/mol. The molecule has 0 radical (unpaired) electrons. The van der Waals surface area contributed by atoms with E-state index in [1.165, 1.54) is 0 Å². The molecule has 1 fully saturated rings. The molecule has 0 aromatic carbocycles. The third kappa shape index (κ3) is 2.04. The first-order valence-corrected chi connectivity index (χ1v) is 6.75. The molecule has 0 unspecified atom stereocenters. The Balaban J connectivity index is 2.40. The second-order valence-electron chi connectivity index (χ2n) is 6.18. The summed E-state index contributed by atoms with van der Waals surface area (Å²) < 4.78 is 0. The van der Waals surface area contributed by atoms with E-state index < -0.39 is 18.3 Å². The van der Waals surface area contributed by atoms with Gasteiger partial charge in [-0.1, -0.05) is 26.5 Å². The van der Waals surface area contributed by atoms with Crippen molar-refractivity contribution in [2.75, 3.05) is 0 Å². The lowest BCUT2D eigenvalue weighted by molar-refractivity contribution is -0.0684. The van der Waals surface area contributed by atoms with E-state index in [2.05, 4.69) is 26.5 Å². The molecule has 2 aliphatic carbocycles. The molecule has 3 N–H and O–H groups in total. The Morgan fingerprint density at radius 2 is 1.89 bits per heavy atom. The van der Waals surface area contributed by atoms with Crippen molar-refractivity contribution < 1.29 is 15.3 Å². The van der Waals surface area contributed by atoms with E-state index in [0.29, 0.717) is 12.0 Å². The molecule has 102 valence electrons. The fourth-order valence-corrected chi connectivity index (χ4v) is 3.61. The van der Waals surface area contributed by atoms with Crippen LogP contribution < -0.4 is 0 Å². The summed E-state index contributed by atoms with van der Waals surface area (Å²) in [7, 11) is 0. The molecule has 0 aromatic rings. The summed E-state index contributed by atoms with van der Waals surface area (Å²) in [6.07, 6.45) is 0.622. The lowest BCUT2D eigenvalue weighted by Gasteiger charge is -2.48. The Morgan fingerprint density at radius 1 is 1.28 bits per heavy atom. The van der Waals surface area contributed by atoms with Gasteiger partial charge in [0.15, 0.2) is 0 Å². The molecule has 2 aliphatic rings. The second kappa shape index (κ2) is 4.80. The van der Waals surface area contributed by atoms with E-state index in [4.69, 9.17) is 0 Å². The Labute approximate surface area is 109 Å². The molecule has 0 bridgehead atoms. The van der Waals surface area contributed by atoms with Crippen molar-refractivity contribution in [1.29, 1.82) is 0 Å². The first kappa shape index (κ1) is 13.8. The van der Waals surface area contributed by atoms with E-state index >= 15 is 0 Å². The average molecular weight is 252 g/mol. The number of aliphatic hydroxyl groups excluding tert-OH is 3. The third-order valence-electron chi connectivity index (χ3n) is 4.71. The van der Waals surface area contributed by atoms with Crippen molar-refractivity contribution in [3.63, 3.8) is 0 Å². The van der Waals surface area contributed by atoms with Crippen molar-refractivity contribution in [2.24, 2.45) is 23.7 Å². The second-order valence-corrected chi connectivity index (χ2v) is 6.18. The highest BCUT2D eigenvalue weighted by molar-refractivity contribution is 5.26. The predicted octanol–water partition coefficient (Wildman–Crippen LogP) is 1.49. The van der Waals surface area contributed by atoms with Crippen LogP contribution in [-0.4, -0.2) is 33.6 Å². The molecular formula is C15H24O3. The fourth-order valence-electron chi connectivity index (χ4n) is 3.61. The zero-order valence-corrected chi connectivity index (χ0v) is 11.4. The minimum absolute atomic E-state index is 0.0259. The van der Waals surface area contributed by atoms with Crippen molar-refractivity contribution >= 4 is 0 Å². The Bertz CT molecular complexity index is 372. The monoisotopic (exact) mass is 252 g/mol. The van der Waals surface area contributed by atoms with Crippen LogP contribution in [0.25, 0.3) is 0 Å². The number of aliphatic hydroxyl groups is 3. The minimum atomic E-state index is -0.863. The lowest BCUT2D eigenvalue weighted by Crippen LogP contribution is -2.51. The fraction of sp³-hybridized carbons (Fsp3) is 0.733. The van der Waals surface area contributed by atoms with Gasteiger partial charge in [-0.3, -0.25) is 0 Å². The number of rotatable bonds is 1. The summed E-state index contributed by atoms with van der Waals surface area (Å²) >= 11 is 0. The summed E-state index contributed by atoms with van der Waals surface area (Å²) in [6.45, 7) is 10.0. The zero-order chi connectivity index (χ0) is 13.6. The first-order chi connectivity index (χ1) is 8.34. The molecule has 0 saturated heterocycles. The van der Waals surface area contributed by atoms with Crippen LogP contribution in [0.5, 0.6) is 0 Å². The standard InChI is InChI=1S/C15H24O3/c1-7(2)13-11-5-8(3)12(16)6-10(11)9(4)14(17)15(13)18/h5,7,10-18H,4,6H2,1-3H3/t10-,11+,12+,13-,14+,15+/m1/s1. The van der Waals surface area contributed by atoms with Gasteiger partial charge in [0.2, 0.25) is 0 Å². The van der Waals surface area contributed by atoms with E-state index in [1.54, 1.807) is 0 Å². The number of hydrogen-bond acceptors (Lipinski definition) is 3. The van der Waals surface area contributed by atoms with Crippen LogP contribution in [0, 0.1) is 23.7 Å². The molecule has 3 nitrogen and oxygen atoms in total. The molecule has 0 aromatic heterocycles. The zero-order valence-electron chi connectivity index (χ0n) is 11.4. The molecule has 0 spiro atoms. The van der Waals surface area contributed by atoms with E-state index in [1.807, 2.05) is 6.92 Å². The van der Waals surface area contributed by atoms with Crippen LogP contribution in [0.4, 0.5) is 0 Å². The normalized spacial score (nSPS) is 44.8. The maximum absolute atomic E-state index is 10.3. The van der Waals surface area contributed by atoms with E-state index in [-0.39, 0.29) is 23.7 Å².